The summed E-state index contributed by atoms with van der Waals surface area (Å²) in [5, 5.41) is 9.84. The Labute approximate surface area is 136 Å². The van der Waals surface area contributed by atoms with E-state index in [4.69, 9.17) is 0 Å². The predicted molar refractivity (Wildman–Crippen MR) is 80.0 cm³/mol. The number of aryl methyl sites for hydroxylation is 2. The molecule has 0 unspecified atom stereocenters. The molecule has 0 saturated carbocycles. The first-order chi connectivity index (χ1) is 11.3. The molecule has 1 N–H and O–H groups in total. The van der Waals surface area contributed by atoms with E-state index in [-0.39, 0.29) is 11.5 Å². The summed E-state index contributed by atoms with van der Waals surface area (Å²) in [4.78, 5) is 11.5. The van der Waals surface area contributed by atoms with Gasteiger partial charge in [-0.15, -0.1) is 13.2 Å². The van der Waals surface area contributed by atoms with Gasteiger partial charge in [-0.25, -0.2) is 4.79 Å². The van der Waals surface area contributed by atoms with E-state index in [1.165, 1.54) is 49.6 Å². The van der Waals surface area contributed by atoms with Crippen molar-refractivity contribution in [1.29, 1.82) is 0 Å². The predicted octanol–water partition coefficient (Wildman–Crippen LogP) is 3.86. The minimum Gasteiger partial charge on any atom is -0.508 e. The lowest BCUT2D eigenvalue weighted by atomic mass is 10.0. The smallest absolute Gasteiger partial charge is 0.508 e. The average Bonchev–Trinajstić information content (AvgIpc) is 2.53. The Balaban J connectivity index is 2.04. The summed E-state index contributed by atoms with van der Waals surface area (Å²) in [5.74, 6) is -0.758. The van der Waals surface area contributed by atoms with Crippen molar-refractivity contribution in [3.05, 3.63) is 59.2 Å². The Hall–Kier alpha value is -2.70. The monoisotopic (exact) mass is 340 g/mol. The highest BCUT2D eigenvalue weighted by Crippen LogP contribution is 2.24. The fourth-order valence-electron chi connectivity index (χ4n) is 2.17. The summed E-state index contributed by atoms with van der Waals surface area (Å²) in [6.07, 6.45) is -3.83. The normalized spacial score (nSPS) is 11.2. The largest absolute Gasteiger partial charge is 0.573 e. The van der Waals surface area contributed by atoms with Gasteiger partial charge in [0, 0.05) is 0 Å². The van der Waals surface area contributed by atoms with Gasteiger partial charge in [-0.1, -0.05) is 12.1 Å². The highest BCUT2D eigenvalue weighted by molar-refractivity contribution is 5.89. The van der Waals surface area contributed by atoms with Crippen LogP contribution in [0.5, 0.6) is 11.5 Å². The van der Waals surface area contributed by atoms with Crippen molar-refractivity contribution in [3.63, 3.8) is 0 Å². The van der Waals surface area contributed by atoms with E-state index in [1.807, 2.05) is 0 Å². The van der Waals surface area contributed by atoms with Gasteiger partial charge >= 0.3 is 12.3 Å². The van der Waals surface area contributed by atoms with Gasteiger partial charge in [-0.05, 0) is 54.3 Å². The lowest BCUT2D eigenvalue weighted by Gasteiger charge is -2.10. The maximum Gasteiger partial charge on any atom is 0.573 e. The number of rotatable bonds is 5. The van der Waals surface area contributed by atoms with Crippen LogP contribution in [0, 0.1) is 0 Å². The van der Waals surface area contributed by atoms with Crippen LogP contribution in [0.3, 0.4) is 0 Å². The second-order valence-electron chi connectivity index (χ2n) is 5.03. The van der Waals surface area contributed by atoms with Gasteiger partial charge < -0.3 is 14.6 Å². The van der Waals surface area contributed by atoms with Crippen LogP contribution >= 0.6 is 0 Å². The summed E-state index contributed by atoms with van der Waals surface area (Å²) in [7, 11) is 1.26. The topological polar surface area (TPSA) is 55.8 Å². The summed E-state index contributed by atoms with van der Waals surface area (Å²) < 4.78 is 44.7. The molecule has 2 aromatic carbocycles. The number of aromatic hydroxyl groups is 1. The number of benzene rings is 2. The molecule has 4 nitrogen and oxygen atoms in total. The molecule has 0 heterocycles. The van der Waals surface area contributed by atoms with Crippen LogP contribution in [0.2, 0.25) is 0 Å². The molecular weight excluding hydrogens is 325 g/mol. The first kappa shape index (κ1) is 17.7. The van der Waals surface area contributed by atoms with Crippen molar-refractivity contribution < 1.29 is 32.5 Å². The Bertz CT molecular complexity index is 709. The molecule has 0 spiro atoms. The minimum atomic E-state index is -4.72. The minimum absolute atomic E-state index is 0.0414. The quantitative estimate of drug-likeness (QED) is 0.840. The molecule has 0 bridgehead atoms. The molecule has 0 aliphatic heterocycles. The Morgan fingerprint density at radius 2 is 1.75 bits per heavy atom. The van der Waals surface area contributed by atoms with Crippen LogP contribution in [-0.2, 0) is 17.6 Å². The zero-order valence-electron chi connectivity index (χ0n) is 12.8. The molecule has 0 aliphatic rings. The number of phenolic OH excluding ortho intramolecular Hbond substituents is 1. The molecule has 0 radical (unpaired) electrons. The fourth-order valence-corrected chi connectivity index (χ4v) is 2.17. The van der Waals surface area contributed by atoms with Crippen LogP contribution in [0.15, 0.2) is 42.5 Å². The maximum absolute atomic E-state index is 12.1. The molecule has 0 saturated heterocycles. The van der Waals surface area contributed by atoms with Gasteiger partial charge in [0.05, 0.1) is 12.7 Å². The molecule has 2 aromatic rings. The van der Waals surface area contributed by atoms with E-state index in [2.05, 4.69) is 9.47 Å². The van der Waals surface area contributed by atoms with E-state index in [9.17, 15) is 23.1 Å². The van der Waals surface area contributed by atoms with Gasteiger partial charge in [-0.3, -0.25) is 0 Å². The molecule has 0 aliphatic carbocycles. The Kier molecular flexibility index (Phi) is 5.33. The molecule has 0 amide bonds. The average molecular weight is 340 g/mol. The van der Waals surface area contributed by atoms with Gasteiger partial charge in [-0.2, -0.15) is 0 Å². The van der Waals surface area contributed by atoms with E-state index in [0.29, 0.717) is 24.0 Å². The molecule has 0 aromatic heterocycles. The molecule has 7 heteroatoms. The SMILES string of the molecule is COC(=O)c1ccc(O)c(CCc2ccc(OC(F)(F)F)cc2)c1. The summed E-state index contributed by atoms with van der Waals surface area (Å²) >= 11 is 0. The summed E-state index contributed by atoms with van der Waals surface area (Å²) in [5.41, 5.74) is 1.64. The van der Waals surface area contributed by atoms with Crippen LogP contribution in [-0.4, -0.2) is 24.5 Å². The lowest BCUT2D eigenvalue weighted by molar-refractivity contribution is -0.274. The van der Waals surface area contributed by atoms with Crippen molar-refractivity contribution in [3.8, 4) is 11.5 Å². The molecule has 24 heavy (non-hydrogen) atoms. The number of carbonyl (C=O) groups is 1. The van der Waals surface area contributed by atoms with Crippen LogP contribution in [0.1, 0.15) is 21.5 Å². The van der Waals surface area contributed by atoms with Gasteiger partial charge in [0.1, 0.15) is 11.5 Å². The third-order valence-corrected chi connectivity index (χ3v) is 3.34. The standard InChI is InChI=1S/C17H15F3O4/c1-23-16(22)13-6-9-15(21)12(10-13)5-2-11-3-7-14(8-4-11)24-17(18,19)20/h3-4,6-10,21H,2,5H2,1H3. The number of carbonyl (C=O) groups excluding carboxylic acids is 1. The first-order valence-electron chi connectivity index (χ1n) is 7.03. The number of methoxy groups -OCH3 is 1. The summed E-state index contributed by atoms with van der Waals surface area (Å²) in [6.45, 7) is 0. The second kappa shape index (κ2) is 7.25. The molecule has 2 rings (SSSR count). The highest BCUT2D eigenvalue weighted by atomic mass is 19.4. The van der Waals surface area contributed by atoms with Gasteiger partial charge in [0.15, 0.2) is 0 Å². The number of hydrogen-bond donors (Lipinski definition) is 1. The Morgan fingerprint density at radius 3 is 2.33 bits per heavy atom. The fraction of sp³-hybridized carbons (Fsp3) is 0.235. The van der Waals surface area contributed by atoms with Gasteiger partial charge in [0.2, 0.25) is 0 Å². The van der Waals surface area contributed by atoms with Crippen molar-refractivity contribution in [2.45, 2.75) is 19.2 Å². The van der Waals surface area contributed by atoms with Crippen LogP contribution in [0.4, 0.5) is 13.2 Å². The number of hydrogen-bond acceptors (Lipinski definition) is 4. The number of halogens is 3. The number of ether oxygens (including phenoxy) is 2. The Morgan fingerprint density at radius 1 is 1.08 bits per heavy atom. The number of phenols is 1. The van der Waals surface area contributed by atoms with Crippen LogP contribution < -0.4 is 4.74 Å². The first-order valence-corrected chi connectivity index (χ1v) is 7.03. The van der Waals surface area contributed by atoms with E-state index in [0.717, 1.165) is 5.56 Å². The number of esters is 1. The lowest BCUT2D eigenvalue weighted by Crippen LogP contribution is -2.17. The van der Waals surface area contributed by atoms with E-state index >= 15 is 0 Å². The third-order valence-electron chi connectivity index (χ3n) is 3.34. The second-order valence-corrected chi connectivity index (χ2v) is 5.03. The third kappa shape index (κ3) is 4.91. The van der Waals surface area contributed by atoms with Crippen molar-refractivity contribution in [2.24, 2.45) is 0 Å². The number of alkyl halides is 3. The van der Waals surface area contributed by atoms with Crippen LogP contribution in [0.25, 0.3) is 0 Å². The highest BCUT2D eigenvalue weighted by Gasteiger charge is 2.30. The molecule has 0 fully saturated rings. The van der Waals surface area contributed by atoms with Crippen molar-refractivity contribution in [2.75, 3.05) is 7.11 Å². The molecule has 0 atom stereocenters. The zero-order valence-corrected chi connectivity index (χ0v) is 12.8. The van der Waals surface area contributed by atoms with Crippen molar-refractivity contribution in [1.82, 2.24) is 0 Å². The van der Waals surface area contributed by atoms with E-state index in [1.54, 1.807) is 0 Å². The van der Waals surface area contributed by atoms with Crippen molar-refractivity contribution >= 4 is 5.97 Å². The summed E-state index contributed by atoms with van der Waals surface area (Å²) in [6, 6.07) is 9.88. The van der Waals surface area contributed by atoms with Gasteiger partial charge in [0.25, 0.3) is 0 Å². The maximum atomic E-state index is 12.1. The van der Waals surface area contributed by atoms with E-state index < -0.39 is 12.3 Å². The molecular formula is C17H15F3O4. The zero-order chi connectivity index (χ0) is 17.7. The molecule has 128 valence electrons.